The van der Waals surface area contributed by atoms with E-state index in [9.17, 15) is 0 Å². The molecule has 98 valence electrons. The van der Waals surface area contributed by atoms with E-state index in [-0.39, 0.29) is 0 Å². The summed E-state index contributed by atoms with van der Waals surface area (Å²) >= 11 is 6.33. The molecule has 0 spiro atoms. The van der Waals surface area contributed by atoms with Gasteiger partial charge in [0.2, 0.25) is 0 Å². The minimum atomic E-state index is 0.373. The van der Waals surface area contributed by atoms with Gasteiger partial charge < -0.3 is 10.1 Å². The van der Waals surface area contributed by atoms with Crippen LogP contribution in [0.15, 0.2) is 18.2 Å². The lowest BCUT2D eigenvalue weighted by Gasteiger charge is -2.16. The van der Waals surface area contributed by atoms with Gasteiger partial charge in [0.25, 0.3) is 0 Å². The number of halogens is 1. The molecule has 1 saturated heterocycles. The predicted octanol–water partition coefficient (Wildman–Crippen LogP) is 4.09. The molecular formula is C15H20ClNO. The third-order valence-corrected chi connectivity index (χ3v) is 4.31. The standard InChI is InChI=1S/C15H20ClNO/c16-13-10-11(14-6-3-9-17-14)7-8-15(13)18-12-4-1-2-5-12/h7-8,10,12,14,17H,1-6,9H2. The Labute approximate surface area is 114 Å². The average Bonchev–Trinajstić information content (AvgIpc) is 3.04. The molecule has 2 nitrogen and oxygen atoms in total. The van der Waals surface area contributed by atoms with E-state index in [1.807, 2.05) is 6.07 Å². The topological polar surface area (TPSA) is 21.3 Å². The monoisotopic (exact) mass is 265 g/mol. The van der Waals surface area contributed by atoms with Crippen LogP contribution in [0.1, 0.15) is 50.1 Å². The molecule has 1 aliphatic heterocycles. The van der Waals surface area contributed by atoms with Crippen LogP contribution in [0.5, 0.6) is 5.75 Å². The van der Waals surface area contributed by atoms with Gasteiger partial charge >= 0.3 is 0 Å². The van der Waals surface area contributed by atoms with Gasteiger partial charge in [-0.05, 0) is 62.8 Å². The summed E-state index contributed by atoms with van der Waals surface area (Å²) in [5.41, 5.74) is 1.29. The van der Waals surface area contributed by atoms with Gasteiger partial charge in [0, 0.05) is 6.04 Å². The van der Waals surface area contributed by atoms with Gasteiger partial charge in [-0.1, -0.05) is 17.7 Å². The number of benzene rings is 1. The van der Waals surface area contributed by atoms with Crippen molar-refractivity contribution in [3.63, 3.8) is 0 Å². The first-order valence-electron chi connectivity index (χ1n) is 7.02. The highest BCUT2D eigenvalue weighted by molar-refractivity contribution is 6.32. The van der Waals surface area contributed by atoms with Crippen LogP contribution in [0, 0.1) is 0 Å². The molecule has 0 radical (unpaired) electrons. The minimum absolute atomic E-state index is 0.373. The summed E-state index contributed by atoms with van der Waals surface area (Å²) in [6.07, 6.45) is 7.74. The van der Waals surface area contributed by atoms with Crippen molar-refractivity contribution in [3.8, 4) is 5.75 Å². The summed E-state index contributed by atoms with van der Waals surface area (Å²) in [7, 11) is 0. The lowest BCUT2D eigenvalue weighted by atomic mass is 10.1. The Morgan fingerprint density at radius 1 is 1.11 bits per heavy atom. The molecule has 18 heavy (non-hydrogen) atoms. The largest absolute Gasteiger partial charge is 0.489 e. The molecule has 2 fully saturated rings. The molecule has 1 atom stereocenters. The summed E-state index contributed by atoms with van der Waals surface area (Å²) in [6, 6.07) is 6.73. The van der Waals surface area contributed by atoms with Gasteiger partial charge in [-0.3, -0.25) is 0 Å². The van der Waals surface area contributed by atoms with E-state index in [0.717, 1.165) is 17.3 Å². The average molecular weight is 266 g/mol. The van der Waals surface area contributed by atoms with Crippen molar-refractivity contribution in [3.05, 3.63) is 28.8 Å². The molecule has 1 aliphatic carbocycles. The molecule has 2 aliphatic rings. The van der Waals surface area contributed by atoms with E-state index in [1.54, 1.807) is 0 Å². The molecule has 3 heteroatoms. The summed E-state index contributed by atoms with van der Waals surface area (Å²) < 4.78 is 5.97. The summed E-state index contributed by atoms with van der Waals surface area (Å²) in [6.45, 7) is 1.11. The molecule has 1 saturated carbocycles. The summed E-state index contributed by atoms with van der Waals surface area (Å²) in [4.78, 5) is 0. The molecular weight excluding hydrogens is 246 g/mol. The first-order valence-corrected chi connectivity index (χ1v) is 7.40. The minimum Gasteiger partial charge on any atom is -0.489 e. The second-order valence-corrected chi connectivity index (χ2v) is 5.77. The second kappa shape index (κ2) is 5.50. The Morgan fingerprint density at radius 2 is 1.94 bits per heavy atom. The smallest absolute Gasteiger partial charge is 0.138 e. The Kier molecular flexibility index (Phi) is 3.76. The first-order chi connectivity index (χ1) is 8.83. The summed E-state index contributed by atoms with van der Waals surface area (Å²) in [5, 5.41) is 4.25. The lowest BCUT2D eigenvalue weighted by Crippen LogP contribution is -2.14. The zero-order chi connectivity index (χ0) is 12.4. The highest BCUT2D eigenvalue weighted by Crippen LogP contribution is 2.33. The van der Waals surface area contributed by atoms with Crippen molar-refractivity contribution in [1.82, 2.24) is 5.32 Å². The van der Waals surface area contributed by atoms with Crippen LogP contribution < -0.4 is 10.1 Å². The van der Waals surface area contributed by atoms with Gasteiger partial charge in [-0.2, -0.15) is 0 Å². The van der Waals surface area contributed by atoms with Gasteiger partial charge in [0.05, 0.1) is 11.1 Å². The van der Waals surface area contributed by atoms with Crippen LogP contribution in [-0.4, -0.2) is 12.6 Å². The number of hydrogen-bond donors (Lipinski definition) is 1. The number of rotatable bonds is 3. The third-order valence-electron chi connectivity index (χ3n) is 4.01. The van der Waals surface area contributed by atoms with Crippen LogP contribution in [0.25, 0.3) is 0 Å². The maximum Gasteiger partial charge on any atom is 0.138 e. The van der Waals surface area contributed by atoms with Crippen LogP contribution in [0.2, 0.25) is 5.02 Å². The van der Waals surface area contributed by atoms with E-state index < -0.39 is 0 Å². The van der Waals surface area contributed by atoms with Crippen LogP contribution in [-0.2, 0) is 0 Å². The quantitative estimate of drug-likeness (QED) is 0.889. The first kappa shape index (κ1) is 12.3. The molecule has 1 N–H and O–H groups in total. The van der Waals surface area contributed by atoms with Gasteiger partial charge in [-0.15, -0.1) is 0 Å². The van der Waals surface area contributed by atoms with E-state index in [4.69, 9.17) is 16.3 Å². The van der Waals surface area contributed by atoms with Crippen LogP contribution in [0.4, 0.5) is 0 Å². The molecule has 1 unspecified atom stereocenters. The Morgan fingerprint density at radius 3 is 2.61 bits per heavy atom. The van der Waals surface area contributed by atoms with E-state index in [0.29, 0.717) is 12.1 Å². The lowest BCUT2D eigenvalue weighted by molar-refractivity contribution is 0.210. The Bertz CT molecular complexity index is 409. The zero-order valence-corrected chi connectivity index (χ0v) is 11.4. The summed E-state index contributed by atoms with van der Waals surface area (Å²) in [5.74, 6) is 0.852. The predicted molar refractivity (Wildman–Crippen MR) is 74.3 cm³/mol. The molecule has 0 amide bonds. The molecule has 0 bridgehead atoms. The maximum atomic E-state index is 6.33. The van der Waals surface area contributed by atoms with Crippen molar-refractivity contribution in [2.75, 3.05) is 6.54 Å². The highest BCUT2D eigenvalue weighted by atomic mass is 35.5. The Hall–Kier alpha value is -0.730. The van der Waals surface area contributed by atoms with E-state index >= 15 is 0 Å². The fraction of sp³-hybridized carbons (Fsp3) is 0.600. The maximum absolute atomic E-state index is 6.33. The second-order valence-electron chi connectivity index (χ2n) is 5.36. The van der Waals surface area contributed by atoms with Gasteiger partial charge in [0.15, 0.2) is 0 Å². The van der Waals surface area contributed by atoms with Crippen molar-refractivity contribution in [1.29, 1.82) is 0 Å². The molecule has 1 aromatic rings. The van der Waals surface area contributed by atoms with Crippen LogP contribution in [0.3, 0.4) is 0 Å². The normalized spacial score (nSPS) is 24.6. The van der Waals surface area contributed by atoms with E-state index in [1.165, 1.54) is 44.1 Å². The number of hydrogen-bond acceptors (Lipinski definition) is 2. The Balaban J connectivity index is 1.71. The third kappa shape index (κ3) is 2.65. The number of nitrogens with one attached hydrogen (secondary N) is 1. The molecule has 0 aromatic heterocycles. The number of ether oxygens (including phenoxy) is 1. The highest BCUT2D eigenvalue weighted by Gasteiger charge is 2.20. The van der Waals surface area contributed by atoms with E-state index in [2.05, 4.69) is 17.4 Å². The zero-order valence-electron chi connectivity index (χ0n) is 10.6. The van der Waals surface area contributed by atoms with Gasteiger partial charge in [0.1, 0.15) is 5.75 Å². The van der Waals surface area contributed by atoms with Gasteiger partial charge in [-0.25, -0.2) is 0 Å². The van der Waals surface area contributed by atoms with Crippen molar-refractivity contribution in [2.24, 2.45) is 0 Å². The molecule has 1 aromatic carbocycles. The SMILES string of the molecule is Clc1cc(C2CCCN2)ccc1OC1CCCC1. The van der Waals surface area contributed by atoms with Crippen LogP contribution >= 0.6 is 11.6 Å². The van der Waals surface area contributed by atoms with Crippen molar-refractivity contribution < 1.29 is 4.74 Å². The fourth-order valence-corrected chi connectivity index (χ4v) is 3.22. The van der Waals surface area contributed by atoms with Crippen molar-refractivity contribution >= 4 is 11.6 Å². The molecule has 1 heterocycles. The molecule has 3 rings (SSSR count). The van der Waals surface area contributed by atoms with Crippen molar-refractivity contribution in [2.45, 2.75) is 50.7 Å². The fourth-order valence-electron chi connectivity index (χ4n) is 2.98.